The quantitative estimate of drug-likeness (QED) is 0.338. The number of esters is 1. The van der Waals surface area contributed by atoms with Crippen LogP contribution in [-0.2, 0) is 16.0 Å². The summed E-state index contributed by atoms with van der Waals surface area (Å²) in [5.41, 5.74) is 2.36. The van der Waals surface area contributed by atoms with E-state index in [0.717, 1.165) is 17.0 Å². The van der Waals surface area contributed by atoms with E-state index in [0.29, 0.717) is 21.7 Å². The van der Waals surface area contributed by atoms with Crippen LogP contribution in [0.15, 0.2) is 29.4 Å². The molecule has 2 heterocycles. The van der Waals surface area contributed by atoms with Crippen molar-refractivity contribution in [1.82, 2.24) is 19.6 Å². The minimum absolute atomic E-state index is 0.112. The molecule has 0 aliphatic rings. The first-order chi connectivity index (χ1) is 13.0. The number of ether oxygens (including phenoxy) is 2. The molecule has 0 unspecified atom stereocenters. The lowest BCUT2D eigenvalue weighted by Crippen LogP contribution is -2.16. The summed E-state index contributed by atoms with van der Waals surface area (Å²) in [5, 5.41) is 5.54. The number of aromatic nitrogens is 4. The number of rotatable bonds is 7. The number of carbonyl (C=O) groups is 1. The van der Waals surface area contributed by atoms with E-state index in [9.17, 15) is 4.79 Å². The van der Waals surface area contributed by atoms with Gasteiger partial charge in [-0.3, -0.25) is 4.79 Å². The van der Waals surface area contributed by atoms with Crippen LogP contribution in [0.25, 0.3) is 5.78 Å². The van der Waals surface area contributed by atoms with E-state index in [1.54, 1.807) is 16.6 Å². The lowest BCUT2D eigenvalue weighted by atomic mass is 10.1. The maximum absolute atomic E-state index is 12.2. The smallest absolute Gasteiger partial charge is 0.310 e. The number of benzene rings is 1. The molecule has 142 valence electrons. The molecule has 0 aliphatic heterocycles. The van der Waals surface area contributed by atoms with Gasteiger partial charge >= 0.3 is 5.97 Å². The number of para-hydroxylation sites is 1. The lowest BCUT2D eigenvalue weighted by molar-refractivity contribution is -0.143. The molecular formula is C18H19ClN4O3S. The second-order valence-corrected chi connectivity index (χ2v) is 6.93. The zero-order valence-electron chi connectivity index (χ0n) is 15.2. The van der Waals surface area contributed by atoms with Crippen molar-refractivity contribution in [2.75, 3.05) is 19.5 Å². The number of hydrogen-bond donors (Lipinski definition) is 0. The van der Waals surface area contributed by atoms with Gasteiger partial charge in [0.1, 0.15) is 19.0 Å². The summed E-state index contributed by atoms with van der Waals surface area (Å²) in [5.74, 6) is 0.738. The molecule has 0 spiro atoms. The molecular weight excluding hydrogens is 388 g/mol. The molecule has 0 N–H and O–H groups in total. The van der Waals surface area contributed by atoms with Gasteiger partial charge in [-0.25, -0.2) is 9.50 Å². The van der Waals surface area contributed by atoms with E-state index in [1.807, 2.05) is 32.2 Å². The number of carbonyl (C=O) groups excluding carboxylic acids is 1. The average molecular weight is 407 g/mol. The fourth-order valence-electron chi connectivity index (χ4n) is 2.60. The van der Waals surface area contributed by atoms with Crippen LogP contribution >= 0.6 is 23.4 Å². The van der Waals surface area contributed by atoms with Crippen LogP contribution in [0.4, 0.5) is 0 Å². The van der Waals surface area contributed by atoms with Gasteiger partial charge in [0.15, 0.2) is 0 Å². The van der Waals surface area contributed by atoms with Crippen molar-refractivity contribution in [1.29, 1.82) is 0 Å². The van der Waals surface area contributed by atoms with Gasteiger partial charge in [-0.15, -0.1) is 5.10 Å². The summed E-state index contributed by atoms with van der Waals surface area (Å²) in [4.78, 5) is 21.0. The Morgan fingerprint density at radius 1 is 1.22 bits per heavy atom. The first kappa shape index (κ1) is 19.4. The average Bonchev–Trinajstić information content (AvgIpc) is 3.07. The SMILES string of the molecule is CSc1nc2nc(C)c(CC(=O)OCCOc3ccccc3Cl)c(C)n2n1. The Bertz CT molecular complexity index is 977. The monoisotopic (exact) mass is 406 g/mol. The Morgan fingerprint density at radius 2 is 2.00 bits per heavy atom. The van der Waals surface area contributed by atoms with Gasteiger partial charge in [-0.2, -0.15) is 4.98 Å². The third-order valence-electron chi connectivity index (χ3n) is 3.97. The third-order valence-corrected chi connectivity index (χ3v) is 4.82. The molecule has 27 heavy (non-hydrogen) atoms. The fourth-order valence-corrected chi connectivity index (χ4v) is 3.12. The minimum Gasteiger partial charge on any atom is -0.488 e. The second-order valence-electron chi connectivity index (χ2n) is 5.75. The summed E-state index contributed by atoms with van der Waals surface area (Å²) >= 11 is 7.46. The molecule has 2 aromatic heterocycles. The Kier molecular flexibility index (Phi) is 6.18. The van der Waals surface area contributed by atoms with Crippen LogP contribution in [0, 0.1) is 13.8 Å². The van der Waals surface area contributed by atoms with Crippen molar-refractivity contribution in [2.45, 2.75) is 25.4 Å². The zero-order chi connectivity index (χ0) is 19.4. The zero-order valence-corrected chi connectivity index (χ0v) is 16.8. The van der Waals surface area contributed by atoms with Crippen LogP contribution in [0.3, 0.4) is 0 Å². The summed E-state index contributed by atoms with van der Waals surface area (Å²) < 4.78 is 12.4. The van der Waals surface area contributed by atoms with Crippen LogP contribution in [0.1, 0.15) is 17.0 Å². The van der Waals surface area contributed by atoms with E-state index in [1.165, 1.54) is 11.8 Å². The largest absolute Gasteiger partial charge is 0.488 e. The molecule has 0 radical (unpaired) electrons. The molecule has 0 bridgehead atoms. The summed E-state index contributed by atoms with van der Waals surface area (Å²) in [6, 6.07) is 7.15. The Labute approximate surface area is 166 Å². The molecule has 3 rings (SSSR count). The third kappa shape index (κ3) is 4.51. The van der Waals surface area contributed by atoms with Crippen molar-refractivity contribution < 1.29 is 14.3 Å². The minimum atomic E-state index is -0.352. The number of aryl methyl sites for hydroxylation is 2. The fraction of sp³-hybridized carbons (Fsp3) is 0.333. The lowest BCUT2D eigenvalue weighted by Gasteiger charge is -2.11. The van der Waals surface area contributed by atoms with Gasteiger partial charge in [-0.05, 0) is 32.2 Å². The van der Waals surface area contributed by atoms with Crippen molar-refractivity contribution in [3.8, 4) is 5.75 Å². The van der Waals surface area contributed by atoms with Crippen molar-refractivity contribution in [2.24, 2.45) is 0 Å². The van der Waals surface area contributed by atoms with Crippen molar-refractivity contribution in [3.05, 3.63) is 46.2 Å². The molecule has 0 saturated heterocycles. The highest BCUT2D eigenvalue weighted by Gasteiger charge is 2.16. The van der Waals surface area contributed by atoms with Gasteiger partial charge in [0.2, 0.25) is 5.16 Å². The number of halogens is 1. The summed E-state index contributed by atoms with van der Waals surface area (Å²) in [7, 11) is 0. The number of hydrogen-bond acceptors (Lipinski definition) is 7. The van der Waals surface area contributed by atoms with Crippen LogP contribution in [0.5, 0.6) is 5.75 Å². The molecule has 1 aromatic carbocycles. The van der Waals surface area contributed by atoms with Gasteiger partial charge in [0, 0.05) is 17.0 Å². The topological polar surface area (TPSA) is 78.6 Å². The Morgan fingerprint density at radius 3 is 2.74 bits per heavy atom. The molecule has 3 aromatic rings. The Balaban J connectivity index is 1.60. The number of thioether (sulfide) groups is 1. The first-order valence-corrected chi connectivity index (χ1v) is 9.89. The molecule has 0 atom stereocenters. The van der Waals surface area contributed by atoms with E-state index in [-0.39, 0.29) is 25.6 Å². The number of fused-ring (bicyclic) bond motifs is 1. The van der Waals surface area contributed by atoms with E-state index < -0.39 is 0 Å². The summed E-state index contributed by atoms with van der Waals surface area (Å²) in [6.07, 6.45) is 2.01. The van der Waals surface area contributed by atoms with Crippen LogP contribution in [-0.4, -0.2) is 45.0 Å². The molecule has 0 saturated carbocycles. The number of nitrogens with zero attached hydrogens (tertiary/aromatic N) is 4. The van der Waals surface area contributed by atoms with Crippen molar-refractivity contribution in [3.63, 3.8) is 0 Å². The highest BCUT2D eigenvalue weighted by Crippen LogP contribution is 2.23. The van der Waals surface area contributed by atoms with E-state index in [2.05, 4.69) is 15.1 Å². The van der Waals surface area contributed by atoms with E-state index in [4.69, 9.17) is 21.1 Å². The van der Waals surface area contributed by atoms with Gasteiger partial charge in [0.05, 0.1) is 11.4 Å². The van der Waals surface area contributed by atoms with Gasteiger partial charge in [-0.1, -0.05) is 35.5 Å². The normalized spacial score (nSPS) is 11.0. The molecule has 0 fully saturated rings. The predicted octanol–water partition coefficient (Wildman–Crippen LogP) is 3.28. The molecule has 0 amide bonds. The molecule has 9 heteroatoms. The molecule has 0 aliphatic carbocycles. The summed E-state index contributed by atoms with van der Waals surface area (Å²) in [6.45, 7) is 4.11. The van der Waals surface area contributed by atoms with Crippen LogP contribution in [0.2, 0.25) is 5.02 Å². The van der Waals surface area contributed by atoms with Gasteiger partial charge in [0.25, 0.3) is 5.78 Å². The predicted molar refractivity (Wildman–Crippen MR) is 104 cm³/mol. The highest BCUT2D eigenvalue weighted by molar-refractivity contribution is 7.98. The second kappa shape index (κ2) is 8.58. The van der Waals surface area contributed by atoms with Crippen LogP contribution < -0.4 is 4.74 Å². The first-order valence-electron chi connectivity index (χ1n) is 8.29. The van der Waals surface area contributed by atoms with Gasteiger partial charge < -0.3 is 9.47 Å². The van der Waals surface area contributed by atoms with E-state index >= 15 is 0 Å². The highest BCUT2D eigenvalue weighted by atomic mass is 35.5. The van der Waals surface area contributed by atoms with Crippen molar-refractivity contribution >= 4 is 35.1 Å². The Hall–Kier alpha value is -2.32. The standard InChI is InChI=1S/C18H19ClN4O3S/c1-11-13(12(2)23-17(20-11)21-18(22-23)27-3)10-16(24)26-9-8-25-15-7-5-4-6-14(15)19/h4-7H,8-10H2,1-3H3. The molecule has 7 nitrogen and oxygen atoms in total. The maximum Gasteiger partial charge on any atom is 0.310 e. The maximum atomic E-state index is 12.2.